The van der Waals surface area contributed by atoms with Gasteiger partial charge in [-0.2, -0.15) is 0 Å². The van der Waals surface area contributed by atoms with Crippen LogP contribution in [-0.2, 0) is 9.53 Å². The Morgan fingerprint density at radius 2 is 2.33 bits per heavy atom. The van der Waals surface area contributed by atoms with Gasteiger partial charge in [0.15, 0.2) is 0 Å². The Bertz CT molecular complexity index is 245. The summed E-state index contributed by atoms with van der Waals surface area (Å²) in [4.78, 5) is 23.3. The Labute approximate surface area is 70.8 Å². The Morgan fingerprint density at radius 1 is 1.67 bits per heavy atom. The first-order valence-electron chi connectivity index (χ1n) is 3.78. The smallest absolute Gasteiger partial charge is 0.416 e. The number of hydrogen-bond donors (Lipinski definition) is 0. The van der Waals surface area contributed by atoms with E-state index in [1.54, 1.807) is 19.9 Å². The summed E-state index contributed by atoms with van der Waals surface area (Å²) in [6.45, 7) is 4.10. The predicted molar refractivity (Wildman–Crippen MR) is 42.5 cm³/mol. The van der Waals surface area contributed by atoms with Crippen LogP contribution in [0.3, 0.4) is 0 Å². The third kappa shape index (κ3) is 1.47. The Kier molecular flexibility index (Phi) is 2.47. The molecule has 1 aliphatic heterocycles. The molecule has 1 saturated heterocycles. The van der Waals surface area contributed by atoms with E-state index in [4.69, 9.17) is 0 Å². The molecule has 0 aliphatic carbocycles. The summed E-state index contributed by atoms with van der Waals surface area (Å²) in [5, 5.41) is 0. The SMILES string of the molecule is C/C=C(\C)C(=O)N1CCOC1=O. The summed E-state index contributed by atoms with van der Waals surface area (Å²) in [6, 6.07) is 0. The van der Waals surface area contributed by atoms with E-state index in [1.165, 1.54) is 0 Å². The summed E-state index contributed by atoms with van der Waals surface area (Å²) in [7, 11) is 0. The molecule has 0 N–H and O–H groups in total. The van der Waals surface area contributed by atoms with Crippen LogP contribution < -0.4 is 0 Å². The lowest BCUT2D eigenvalue weighted by molar-refractivity contribution is -0.123. The molecule has 0 unspecified atom stereocenters. The van der Waals surface area contributed by atoms with Gasteiger partial charge in [0.2, 0.25) is 0 Å². The normalized spacial score (nSPS) is 18.0. The molecule has 0 aromatic carbocycles. The van der Waals surface area contributed by atoms with Gasteiger partial charge in [-0.05, 0) is 13.8 Å². The molecule has 0 atom stereocenters. The molecule has 12 heavy (non-hydrogen) atoms. The molecular weight excluding hydrogens is 158 g/mol. The minimum atomic E-state index is -0.541. The van der Waals surface area contributed by atoms with Crippen LogP contribution in [0.25, 0.3) is 0 Å². The van der Waals surface area contributed by atoms with Gasteiger partial charge in [-0.25, -0.2) is 9.69 Å². The van der Waals surface area contributed by atoms with Gasteiger partial charge in [0, 0.05) is 5.57 Å². The zero-order chi connectivity index (χ0) is 9.14. The van der Waals surface area contributed by atoms with Gasteiger partial charge >= 0.3 is 6.09 Å². The Balaban J connectivity index is 2.70. The van der Waals surface area contributed by atoms with Crippen molar-refractivity contribution in [2.45, 2.75) is 13.8 Å². The highest BCUT2D eigenvalue weighted by atomic mass is 16.6. The number of allylic oxidation sites excluding steroid dienone is 1. The third-order valence-electron chi connectivity index (χ3n) is 1.78. The number of nitrogens with zero attached hydrogens (tertiary/aromatic N) is 1. The highest BCUT2D eigenvalue weighted by Crippen LogP contribution is 2.08. The minimum absolute atomic E-state index is 0.264. The van der Waals surface area contributed by atoms with Crippen molar-refractivity contribution in [3.05, 3.63) is 11.6 Å². The molecule has 0 radical (unpaired) electrons. The maximum atomic E-state index is 11.3. The summed E-state index contributed by atoms with van der Waals surface area (Å²) >= 11 is 0. The number of ether oxygens (including phenoxy) is 1. The van der Waals surface area contributed by atoms with E-state index in [1.807, 2.05) is 0 Å². The van der Waals surface area contributed by atoms with Crippen molar-refractivity contribution in [2.75, 3.05) is 13.2 Å². The fraction of sp³-hybridized carbons (Fsp3) is 0.500. The van der Waals surface area contributed by atoms with E-state index < -0.39 is 6.09 Å². The first kappa shape index (κ1) is 8.77. The van der Waals surface area contributed by atoms with Crippen LogP contribution in [0.1, 0.15) is 13.8 Å². The molecule has 4 heteroatoms. The van der Waals surface area contributed by atoms with Crippen LogP contribution in [0.2, 0.25) is 0 Å². The van der Waals surface area contributed by atoms with E-state index in [0.717, 1.165) is 4.90 Å². The lowest BCUT2D eigenvalue weighted by Crippen LogP contribution is -2.32. The van der Waals surface area contributed by atoms with Crippen molar-refractivity contribution in [3.63, 3.8) is 0 Å². The average molecular weight is 169 g/mol. The molecular formula is C8H11NO3. The zero-order valence-corrected chi connectivity index (χ0v) is 7.16. The molecule has 1 rings (SSSR count). The number of carbonyl (C=O) groups excluding carboxylic acids is 2. The maximum Gasteiger partial charge on any atom is 0.416 e. The molecule has 1 fully saturated rings. The molecule has 0 bridgehead atoms. The van der Waals surface area contributed by atoms with E-state index in [2.05, 4.69) is 4.74 Å². The number of rotatable bonds is 1. The van der Waals surface area contributed by atoms with Crippen molar-refractivity contribution in [1.29, 1.82) is 0 Å². The standard InChI is InChI=1S/C8H11NO3/c1-3-6(2)7(10)9-4-5-12-8(9)11/h3H,4-5H2,1-2H3/b6-3+. The van der Waals surface area contributed by atoms with Crippen molar-refractivity contribution < 1.29 is 14.3 Å². The molecule has 66 valence electrons. The van der Waals surface area contributed by atoms with Crippen LogP contribution in [0, 0.1) is 0 Å². The van der Waals surface area contributed by atoms with Crippen LogP contribution in [-0.4, -0.2) is 30.1 Å². The van der Waals surface area contributed by atoms with Crippen LogP contribution in [0.5, 0.6) is 0 Å². The topological polar surface area (TPSA) is 46.6 Å². The maximum absolute atomic E-state index is 11.3. The minimum Gasteiger partial charge on any atom is -0.447 e. The second-order valence-electron chi connectivity index (χ2n) is 2.54. The number of amides is 2. The molecule has 2 amide bonds. The van der Waals surface area contributed by atoms with Gasteiger partial charge in [0.25, 0.3) is 5.91 Å². The fourth-order valence-electron chi connectivity index (χ4n) is 0.914. The van der Waals surface area contributed by atoms with Gasteiger partial charge in [0.1, 0.15) is 6.61 Å². The zero-order valence-electron chi connectivity index (χ0n) is 7.16. The fourth-order valence-corrected chi connectivity index (χ4v) is 0.914. The molecule has 1 heterocycles. The predicted octanol–water partition coefficient (Wildman–Crippen LogP) is 0.931. The summed E-state index contributed by atoms with van der Waals surface area (Å²) in [5.74, 6) is -0.264. The second kappa shape index (κ2) is 3.38. The highest BCUT2D eigenvalue weighted by Gasteiger charge is 2.28. The lowest BCUT2D eigenvalue weighted by atomic mass is 10.2. The number of imide groups is 1. The molecule has 0 aromatic heterocycles. The van der Waals surface area contributed by atoms with Crippen molar-refractivity contribution >= 4 is 12.0 Å². The quantitative estimate of drug-likeness (QED) is 0.548. The van der Waals surface area contributed by atoms with E-state index >= 15 is 0 Å². The molecule has 0 saturated carbocycles. The third-order valence-corrected chi connectivity index (χ3v) is 1.78. The van der Waals surface area contributed by atoms with Crippen LogP contribution >= 0.6 is 0 Å². The molecule has 1 aliphatic rings. The molecule has 4 nitrogen and oxygen atoms in total. The average Bonchev–Trinajstić information content (AvgIpc) is 2.48. The van der Waals surface area contributed by atoms with Gasteiger partial charge in [-0.1, -0.05) is 6.08 Å². The molecule has 0 aromatic rings. The van der Waals surface area contributed by atoms with Crippen molar-refractivity contribution in [1.82, 2.24) is 4.90 Å². The van der Waals surface area contributed by atoms with Crippen LogP contribution in [0.4, 0.5) is 4.79 Å². The highest BCUT2D eigenvalue weighted by molar-refractivity contribution is 6.02. The van der Waals surface area contributed by atoms with Gasteiger partial charge < -0.3 is 4.74 Å². The molecule has 0 spiro atoms. The van der Waals surface area contributed by atoms with E-state index in [-0.39, 0.29) is 5.91 Å². The first-order chi connectivity index (χ1) is 5.66. The lowest BCUT2D eigenvalue weighted by Gasteiger charge is -2.09. The van der Waals surface area contributed by atoms with Gasteiger partial charge in [-0.3, -0.25) is 4.79 Å². The Hall–Kier alpha value is -1.32. The monoisotopic (exact) mass is 169 g/mol. The summed E-state index contributed by atoms with van der Waals surface area (Å²) < 4.78 is 4.62. The van der Waals surface area contributed by atoms with Gasteiger partial charge in [0.05, 0.1) is 6.54 Å². The number of hydrogen-bond acceptors (Lipinski definition) is 3. The number of carbonyl (C=O) groups is 2. The number of cyclic esters (lactones) is 1. The summed E-state index contributed by atoms with van der Waals surface area (Å²) in [6.07, 6.45) is 1.13. The largest absolute Gasteiger partial charge is 0.447 e. The van der Waals surface area contributed by atoms with E-state index in [0.29, 0.717) is 18.7 Å². The van der Waals surface area contributed by atoms with Crippen LogP contribution in [0.15, 0.2) is 11.6 Å². The Morgan fingerprint density at radius 3 is 2.75 bits per heavy atom. The second-order valence-corrected chi connectivity index (χ2v) is 2.54. The first-order valence-corrected chi connectivity index (χ1v) is 3.78. The van der Waals surface area contributed by atoms with Crippen molar-refractivity contribution in [3.8, 4) is 0 Å². The van der Waals surface area contributed by atoms with Crippen molar-refractivity contribution in [2.24, 2.45) is 0 Å². The van der Waals surface area contributed by atoms with E-state index in [9.17, 15) is 9.59 Å². The van der Waals surface area contributed by atoms with Gasteiger partial charge in [-0.15, -0.1) is 0 Å². The summed E-state index contributed by atoms with van der Waals surface area (Å²) in [5.41, 5.74) is 0.564.